The van der Waals surface area contributed by atoms with Gasteiger partial charge in [-0.2, -0.15) is 0 Å². The van der Waals surface area contributed by atoms with Crippen molar-refractivity contribution in [3.8, 4) is 0 Å². The molecule has 13 aliphatic carbocycles. The maximum Gasteiger partial charge on any atom is -0.0312 e. The average molecular weight is 930 g/mol. The summed E-state index contributed by atoms with van der Waals surface area (Å²) in [6, 6.07) is 0. The molecule has 0 saturated heterocycles. The Balaban J connectivity index is 1.04. The van der Waals surface area contributed by atoms with Gasteiger partial charge >= 0.3 is 0 Å². The Hall–Kier alpha value is 0. The molecule has 17 unspecified atom stereocenters. The molecule has 0 aliphatic heterocycles. The van der Waals surface area contributed by atoms with E-state index in [1.807, 2.05) is 0 Å². The highest BCUT2D eigenvalue weighted by Crippen LogP contribution is 2.74. The Bertz CT molecular complexity index is 1540. The van der Waals surface area contributed by atoms with Crippen molar-refractivity contribution in [2.45, 2.75) is 283 Å². The van der Waals surface area contributed by atoms with Crippen LogP contribution in [0.5, 0.6) is 0 Å². The molecule has 0 aromatic heterocycles. The summed E-state index contributed by atoms with van der Waals surface area (Å²) in [5.74, 6) is 26.6. The van der Waals surface area contributed by atoms with E-state index in [-0.39, 0.29) is 0 Å². The van der Waals surface area contributed by atoms with Gasteiger partial charge in [0, 0.05) is 0 Å². The number of hydrogen-bond acceptors (Lipinski definition) is 0. The Morgan fingerprint density at radius 3 is 0.603 bits per heavy atom. The maximum absolute atomic E-state index is 1.71. The molecule has 13 saturated carbocycles. The SMILES string of the molecule is C1CCC(C2C(C3CCCCC3)C(C3CCCCC3)C3C(C4CCCCC4)C(C4CCC5CCC6CCCC7CCC4C5C67)C(C4CCCCC4)C(C4CCCCC4)C3C2C2CCCCC2)CC1. The van der Waals surface area contributed by atoms with E-state index in [2.05, 4.69) is 0 Å². The highest BCUT2D eigenvalue weighted by atomic mass is 14.7. The van der Waals surface area contributed by atoms with Crippen LogP contribution in [-0.2, 0) is 0 Å². The number of fused-ring (bicyclic) bond motifs is 1. The van der Waals surface area contributed by atoms with Gasteiger partial charge in [0.1, 0.15) is 0 Å². The monoisotopic (exact) mass is 929 g/mol. The molecule has 0 spiro atoms. The van der Waals surface area contributed by atoms with Gasteiger partial charge in [-0.3, -0.25) is 0 Å². The van der Waals surface area contributed by atoms with Crippen LogP contribution in [-0.4, -0.2) is 0 Å². The summed E-state index contributed by atoms with van der Waals surface area (Å²) in [6.45, 7) is 0. The van der Waals surface area contributed by atoms with Crippen LogP contribution >= 0.6 is 0 Å². The minimum atomic E-state index is 1.08. The van der Waals surface area contributed by atoms with E-state index in [9.17, 15) is 0 Å². The molecule has 13 fully saturated rings. The zero-order valence-corrected chi connectivity index (χ0v) is 45.0. The first-order chi connectivity index (χ1) is 33.8. The highest BCUT2D eigenvalue weighted by Gasteiger charge is 2.69. The van der Waals surface area contributed by atoms with E-state index in [1.54, 1.807) is 283 Å². The van der Waals surface area contributed by atoms with E-state index in [4.69, 9.17) is 0 Å². The fraction of sp³-hybridized carbons (Fsp3) is 1.00. The summed E-state index contributed by atoms with van der Waals surface area (Å²) in [6.07, 6.45) is 71.4. The van der Waals surface area contributed by atoms with Gasteiger partial charge in [-0.05, 0) is 181 Å². The van der Waals surface area contributed by atoms with Crippen molar-refractivity contribution in [2.24, 2.45) is 142 Å². The smallest absolute Gasteiger partial charge is 0.0312 e. The maximum atomic E-state index is 1.71. The lowest BCUT2D eigenvalue weighted by molar-refractivity contribution is -0.242. The second-order valence-electron chi connectivity index (χ2n) is 30.0. The van der Waals surface area contributed by atoms with Crippen LogP contribution < -0.4 is 0 Å². The molecule has 13 aliphatic rings. The van der Waals surface area contributed by atoms with Crippen LogP contribution in [0.4, 0.5) is 0 Å². The molecule has 0 aromatic carbocycles. The minimum Gasteiger partial charge on any atom is -0.0533 e. The Morgan fingerprint density at radius 2 is 0.294 bits per heavy atom. The van der Waals surface area contributed by atoms with Crippen molar-refractivity contribution in [3.63, 3.8) is 0 Å². The molecule has 0 nitrogen and oxygen atoms in total. The molecule has 68 heavy (non-hydrogen) atoms. The molecule has 0 heterocycles. The van der Waals surface area contributed by atoms with Gasteiger partial charge in [0.25, 0.3) is 0 Å². The Labute approximate surface area is 422 Å². The summed E-state index contributed by atoms with van der Waals surface area (Å²) in [5.41, 5.74) is 0. The van der Waals surface area contributed by atoms with E-state index in [1.165, 1.54) is 0 Å². The van der Waals surface area contributed by atoms with Crippen molar-refractivity contribution in [1.82, 2.24) is 0 Å². The van der Waals surface area contributed by atoms with E-state index >= 15 is 0 Å². The Morgan fingerprint density at radius 1 is 0.103 bits per heavy atom. The first kappa shape index (κ1) is 47.7. The van der Waals surface area contributed by atoms with E-state index in [0.29, 0.717) is 0 Å². The number of rotatable bonds is 8. The molecular weight excluding hydrogens is 817 g/mol. The fourth-order valence-corrected chi connectivity index (χ4v) is 26.0. The van der Waals surface area contributed by atoms with Crippen LogP contribution in [0.25, 0.3) is 0 Å². The van der Waals surface area contributed by atoms with Crippen LogP contribution in [0.1, 0.15) is 283 Å². The predicted molar refractivity (Wildman–Crippen MR) is 287 cm³/mol. The molecule has 0 aromatic rings. The van der Waals surface area contributed by atoms with Gasteiger partial charge in [0.15, 0.2) is 0 Å². The van der Waals surface area contributed by atoms with Crippen LogP contribution in [0.2, 0.25) is 0 Å². The van der Waals surface area contributed by atoms with Crippen LogP contribution in [0.15, 0.2) is 0 Å². The lowest BCUT2D eigenvalue weighted by Gasteiger charge is -2.72. The van der Waals surface area contributed by atoms with E-state index < -0.39 is 0 Å². The third-order valence-electron chi connectivity index (χ3n) is 27.7. The summed E-state index contributed by atoms with van der Waals surface area (Å²) in [7, 11) is 0. The molecule has 0 radical (unpaired) electrons. The second-order valence-corrected chi connectivity index (χ2v) is 30.0. The van der Waals surface area contributed by atoms with Gasteiger partial charge in [-0.15, -0.1) is 0 Å². The molecule has 384 valence electrons. The highest BCUT2D eigenvalue weighted by molar-refractivity contribution is 5.16. The molecule has 0 N–H and O–H groups in total. The Kier molecular flexibility index (Phi) is 15.2. The minimum absolute atomic E-state index is 1.08. The third-order valence-corrected chi connectivity index (χ3v) is 27.7. The van der Waals surface area contributed by atoms with Crippen molar-refractivity contribution < 1.29 is 0 Å². The molecule has 0 heteroatoms. The quantitative estimate of drug-likeness (QED) is 0.228. The van der Waals surface area contributed by atoms with Crippen molar-refractivity contribution >= 4 is 0 Å². The topological polar surface area (TPSA) is 0 Å². The normalized spacial score (nSPS) is 48.1. The largest absolute Gasteiger partial charge is 0.0533 e. The average Bonchev–Trinajstić information content (AvgIpc) is 3.42. The van der Waals surface area contributed by atoms with Gasteiger partial charge < -0.3 is 0 Å². The zero-order valence-electron chi connectivity index (χ0n) is 45.0. The third kappa shape index (κ3) is 8.90. The first-order valence-electron chi connectivity index (χ1n) is 33.8. The van der Waals surface area contributed by atoms with Gasteiger partial charge in [-0.1, -0.05) is 244 Å². The van der Waals surface area contributed by atoms with Crippen molar-refractivity contribution in [1.29, 1.82) is 0 Å². The molecule has 0 bridgehead atoms. The molecule has 0 amide bonds. The van der Waals surface area contributed by atoms with Crippen LogP contribution in [0, 0.1) is 142 Å². The summed E-state index contributed by atoms with van der Waals surface area (Å²) in [5, 5.41) is 0. The van der Waals surface area contributed by atoms with Crippen molar-refractivity contribution in [3.05, 3.63) is 0 Å². The van der Waals surface area contributed by atoms with Crippen LogP contribution in [0.3, 0.4) is 0 Å². The summed E-state index contributed by atoms with van der Waals surface area (Å²) >= 11 is 0. The number of hydrogen-bond donors (Lipinski definition) is 0. The molecule has 17 atom stereocenters. The van der Waals surface area contributed by atoms with E-state index in [0.717, 1.165) is 142 Å². The second kappa shape index (κ2) is 21.7. The predicted octanol–water partition coefficient (Wildman–Crippen LogP) is 20.1. The molecular formula is C68H112. The van der Waals surface area contributed by atoms with Crippen molar-refractivity contribution in [2.75, 3.05) is 0 Å². The first-order valence-corrected chi connectivity index (χ1v) is 33.8. The summed E-state index contributed by atoms with van der Waals surface area (Å²) < 4.78 is 0. The fourth-order valence-electron chi connectivity index (χ4n) is 26.0. The lowest BCUT2D eigenvalue weighted by atomic mass is 9.33. The summed E-state index contributed by atoms with van der Waals surface area (Å²) in [4.78, 5) is 0. The zero-order chi connectivity index (χ0) is 45.0. The van der Waals surface area contributed by atoms with Gasteiger partial charge in [0.05, 0.1) is 0 Å². The molecule has 13 rings (SSSR count). The standard InChI is InChI=1S/C68H112/c1-8-23-45(24-9-1)59-60(46-25-10-2-11-26-46)63(49-31-16-5-17-32-49)68-65(51-35-20-7-21-36-51)66(56-44-42-54-40-39-52-37-22-38-53-41-43-55(56)58(54)57(52)53)61(47-27-12-3-13-28-47)64(50-33-18-6-19-34-50)67(68)62(59)48-29-14-4-15-30-48/h45-68H,1-44H2. The van der Waals surface area contributed by atoms with Gasteiger partial charge in [0.2, 0.25) is 0 Å². The lowest BCUT2D eigenvalue weighted by Crippen LogP contribution is -2.67. The van der Waals surface area contributed by atoms with Gasteiger partial charge in [-0.25, -0.2) is 0 Å².